The summed E-state index contributed by atoms with van der Waals surface area (Å²) in [5, 5.41) is 4.48. The molecule has 0 amide bonds. The molecule has 2 N–H and O–H groups in total. The van der Waals surface area contributed by atoms with Crippen molar-refractivity contribution in [3.63, 3.8) is 0 Å². The van der Waals surface area contributed by atoms with E-state index in [1.165, 1.54) is 18.0 Å². The minimum absolute atomic E-state index is 0.340. The van der Waals surface area contributed by atoms with E-state index in [2.05, 4.69) is 5.10 Å². The molecule has 0 radical (unpaired) electrons. The van der Waals surface area contributed by atoms with Crippen LogP contribution in [0.3, 0.4) is 0 Å². The number of rotatable bonds is 2. The van der Waals surface area contributed by atoms with E-state index in [0.29, 0.717) is 22.0 Å². The van der Waals surface area contributed by atoms with Crippen molar-refractivity contribution in [3.05, 3.63) is 41.2 Å². The van der Waals surface area contributed by atoms with Crippen molar-refractivity contribution in [2.24, 2.45) is 0 Å². The number of nitrogens with zero attached hydrogens (tertiary/aromatic N) is 2. The van der Waals surface area contributed by atoms with Gasteiger partial charge in [-0.3, -0.25) is 0 Å². The average molecular weight is 252 g/mol. The third kappa shape index (κ3) is 2.09. The Kier molecular flexibility index (Phi) is 3.01. The van der Waals surface area contributed by atoms with Crippen molar-refractivity contribution in [2.45, 2.75) is 0 Å². The number of ether oxygens (including phenoxy) is 1. The normalized spacial score (nSPS) is 10.2. The van der Waals surface area contributed by atoms with Crippen LogP contribution in [0.15, 0.2) is 30.6 Å². The number of carbonyl (C=O) groups is 1. The van der Waals surface area contributed by atoms with E-state index < -0.39 is 5.97 Å². The van der Waals surface area contributed by atoms with E-state index >= 15 is 0 Å². The Balaban J connectivity index is 2.63. The second-order valence-corrected chi connectivity index (χ2v) is 3.77. The highest BCUT2D eigenvalue weighted by Gasteiger charge is 2.16. The fraction of sp³-hybridized carbons (Fsp3) is 0.0909. The van der Waals surface area contributed by atoms with Gasteiger partial charge in [0, 0.05) is 6.20 Å². The quantitative estimate of drug-likeness (QED) is 0.654. The molecular formula is C11H10ClN3O2. The van der Waals surface area contributed by atoms with E-state index in [0.717, 1.165) is 0 Å². The van der Waals surface area contributed by atoms with Crippen molar-refractivity contribution in [3.8, 4) is 5.69 Å². The Bertz CT molecular complexity index is 566. The SMILES string of the molecule is COC(=O)c1cccc(N)c1-n1cc(Cl)cn1. The van der Waals surface area contributed by atoms with Gasteiger partial charge in [0.05, 0.1) is 29.6 Å². The summed E-state index contributed by atoms with van der Waals surface area (Å²) in [4.78, 5) is 11.6. The lowest BCUT2D eigenvalue weighted by Crippen LogP contribution is -2.10. The van der Waals surface area contributed by atoms with Gasteiger partial charge in [-0.25, -0.2) is 9.48 Å². The first-order chi connectivity index (χ1) is 8.13. The summed E-state index contributed by atoms with van der Waals surface area (Å²) in [6.07, 6.45) is 3.04. The zero-order chi connectivity index (χ0) is 12.4. The molecule has 5 nitrogen and oxygen atoms in total. The molecule has 0 aliphatic heterocycles. The van der Waals surface area contributed by atoms with Gasteiger partial charge < -0.3 is 10.5 Å². The van der Waals surface area contributed by atoms with E-state index in [4.69, 9.17) is 22.1 Å². The number of aromatic nitrogens is 2. The molecular weight excluding hydrogens is 242 g/mol. The number of benzene rings is 1. The van der Waals surface area contributed by atoms with Crippen LogP contribution in [-0.4, -0.2) is 22.9 Å². The van der Waals surface area contributed by atoms with Crippen LogP contribution >= 0.6 is 11.6 Å². The molecule has 0 atom stereocenters. The number of methoxy groups -OCH3 is 1. The summed E-state index contributed by atoms with van der Waals surface area (Å²) in [6, 6.07) is 4.97. The summed E-state index contributed by atoms with van der Waals surface area (Å²) in [7, 11) is 1.31. The van der Waals surface area contributed by atoms with Crippen molar-refractivity contribution in [1.29, 1.82) is 0 Å². The van der Waals surface area contributed by atoms with Gasteiger partial charge in [-0.15, -0.1) is 0 Å². The first kappa shape index (κ1) is 11.5. The molecule has 0 saturated heterocycles. The second-order valence-electron chi connectivity index (χ2n) is 3.34. The van der Waals surface area contributed by atoms with Gasteiger partial charge in [-0.05, 0) is 12.1 Å². The number of carbonyl (C=O) groups excluding carboxylic acids is 1. The Labute approximate surface area is 103 Å². The molecule has 0 bridgehead atoms. The van der Waals surface area contributed by atoms with Crippen molar-refractivity contribution in [1.82, 2.24) is 9.78 Å². The number of nitrogen functional groups attached to an aromatic ring is 1. The van der Waals surface area contributed by atoms with Crippen LogP contribution in [0.2, 0.25) is 5.02 Å². The minimum Gasteiger partial charge on any atom is -0.465 e. The minimum atomic E-state index is -0.473. The van der Waals surface area contributed by atoms with Crippen LogP contribution in [0.4, 0.5) is 5.69 Å². The lowest BCUT2D eigenvalue weighted by atomic mass is 10.1. The molecule has 17 heavy (non-hydrogen) atoms. The molecule has 0 aliphatic rings. The van der Waals surface area contributed by atoms with E-state index in [-0.39, 0.29) is 0 Å². The number of halogens is 1. The van der Waals surface area contributed by atoms with Gasteiger partial charge >= 0.3 is 5.97 Å². The fourth-order valence-electron chi connectivity index (χ4n) is 1.51. The van der Waals surface area contributed by atoms with Gasteiger partial charge in [-0.2, -0.15) is 5.10 Å². The zero-order valence-corrected chi connectivity index (χ0v) is 9.81. The highest BCUT2D eigenvalue weighted by Crippen LogP contribution is 2.23. The van der Waals surface area contributed by atoms with Gasteiger partial charge in [-0.1, -0.05) is 17.7 Å². The maximum absolute atomic E-state index is 11.6. The molecule has 1 aromatic carbocycles. The fourth-order valence-corrected chi connectivity index (χ4v) is 1.65. The first-order valence-electron chi connectivity index (χ1n) is 4.81. The number of para-hydroxylation sites is 1. The largest absolute Gasteiger partial charge is 0.465 e. The molecule has 0 fully saturated rings. The van der Waals surface area contributed by atoms with Crippen LogP contribution in [-0.2, 0) is 4.74 Å². The Morgan fingerprint density at radius 1 is 1.53 bits per heavy atom. The molecule has 1 aromatic heterocycles. The van der Waals surface area contributed by atoms with E-state index in [1.807, 2.05) is 0 Å². The lowest BCUT2D eigenvalue weighted by Gasteiger charge is -2.10. The predicted molar refractivity (Wildman–Crippen MR) is 64.3 cm³/mol. The van der Waals surface area contributed by atoms with Gasteiger partial charge in [0.2, 0.25) is 0 Å². The second kappa shape index (κ2) is 4.47. The van der Waals surface area contributed by atoms with Crippen molar-refractivity contribution in [2.75, 3.05) is 12.8 Å². The molecule has 0 aliphatic carbocycles. The highest BCUT2D eigenvalue weighted by molar-refractivity contribution is 6.30. The van der Waals surface area contributed by atoms with E-state index in [9.17, 15) is 4.79 Å². The smallest absolute Gasteiger partial charge is 0.340 e. The Morgan fingerprint density at radius 3 is 2.88 bits per heavy atom. The van der Waals surface area contributed by atoms with Crippen LogP contribution in [0.1, 0.15) is 10.4 Å². The summed E-state index contributed by atoms with van der Waals surface area (Å²) in [5.41, 5.74) is 7.07. The predicted octanol–water partition coefficient (Wildman–Crippen LogP) is 1.89. The summed E-state index contributed by atoms with van der Waals surface area (Å²) in [5.74, 6) is -0.473. The molecule has 0 saturated carbocycles. The topological polar surface area (TPSA) is 70.1 Å². The van der Waals surface area contributed by atoms with Gasteiger partial charge in [0.25, 0.3) is 0 Å². The average Bonchev–Trinajstić information content (AvgIpc) is 2.74. The van der Waals surface area contributed by atoms with Crippen LogP contribution in [0.25, 0.3) is 5.69 Å². The molecule has 0 spiro atoms. The van der Waals surface area contributed by atoms with E-state index in [1.54, 1.807) is 24.4 Å². The van der Waals surface area contributed by atoms with Gasteiger partial charge in [0.15, 0.2) is 0 Å². The zero-order valence-electron chi connectivity index (χ0n) is 9.05. The van der Waals surface area contributed by atoms with Gasteiger partial charge in [0.1, 0.15) is 5.69 Å². The molecule has 0 unspecified atom stereocenters. The third-order valence-electron chi connectivity index (χ3n) is 2.25. The van der Waals surface area contributed by atoms with Crippen LogP contribution in [0.5, 0.6) is 0 Å². The molecule has 6 heteroatoms. The lowest BCUT2D eigenvalue weighted by molar-refractivity contribution is 0.0600. The molecule has 88 valence electrons. The third-order valence-corrected chi connectivity index (χ3v) is 2.45. The highest BCUT2D eigenvalue weighted by atomic mass is 35.5. The summed E-state index contributed by atoms with van der Waals surface area (Å²) in [6.45, 7) is 0. The maximum atomic E-state index is 11.6. The van der Waals surface area contributed by atoms with Crippen LogP contribution in [0, 0.1) is 0 Å². The standard InChI is InChI=1S/C11H10ClN3O2/c1-17-11(16)8-3-2-4-9(13)10(8)15-6-7(12)5-14-15/h2-6H,13H2,1H3. The Hall–Kier alpha value is -2.01. The summed E-state index contributed by atoms with van der Waals surface area (Å²) >= 11 is 5.79. The van der Waals surface area contributed by atoms with Crippen molar-refractivity contribution < 1.29 is 9.53 Å². The molecule has 2 rings (SSSR count). The maximum Gasteiger partial charge on any atom is 0.340 e. The first-order valence-corrected chi connectivity index (χ1v) is 5.18. The number of hydrogen-bond acceptors (Lipinski definition) is 4. The molecule has 1 heterocycles. The monoisotopic (exact) mass is 251 g/mol. The number of nitrogens with two attached hydrogens (primary N) is 1. The Morgan fingerprint density at radius 2 is 2.29 bits per heavy atom. The number of anilines is 1. The number of esters is 1. The summed E-state index contributed by atoms with van der Waals surface area (Å²) < 4.78 is 6.14. The number of hydrogen-bond donors (Lipinski definition) is 1. The van der Waals surface area contributed by atoms with Crippen molar-refractivity contribution >= 4 is 23.3 Å². The molecule has 2 aromatic rings. The van der Waals surface area contributed by atoms with Crippen LogP contribution < -0.4 is 5.73 Å².